The van der Waals surface area contributed by atoms with Gasteiger partial charge in [0.05, 0.1) is 10.9 Å². The minimum Gasteiger partial charge on any atom is -0.393 e. The van der Waals surface area contributed by atoms with Gasteiger partial charge in [-0.2, -0.15) is 0 Å². The molecule has 0 radical (unpaired) electrons. The summed E-state index contributed by atoms with van der Waals surface area (Å²) < 4.78 is 0. The molecule has 1 atom stereocenters. The number of hydrogen-bond acceptors (Lipinski definition) is 3. The fourth-order valence-electron chi connectivity index (χ4n) is 2.56. The van der Waals surface area contributed by atoms with Crippen LogP contribution >= 0.6 is 24.0 Å². The maximum absolute atomic E-state index is 12.9. The van der Waals surface area contributed by atoms with Crippen molar-refractivity contribution in [3.05, 3.63) is 29.8 Å². The molecule has 0 spiro atoms. The van der Waals surface area contributed by atoms with Gasteiger partial charge in [-0.05, 0) is 17.5 Å². The van der Waals surface area contributed by atoms with E-state index < -0.39 is 0 Å². The molecule has 2 N–H and O–H groups in total. The molecule has 1 aliphatic heterocycles. The van der Waals surface area contributed by atoms with Crippen LogP contribution in [0.25, 0.3) is 0 Å². The van der Waals surface area contributed by atoms with Gasteiger partial charge >= 0.3 is 0 Å². The lowest BCUT2D eigenvalue weighted by atomic mass is 9.99. The van der Waals surface area contributed by atoms with E-state index in [-0.39, 0.29) is 11.8 Å². The summed E-state index contributed by atoms with van der Waals surface area (Å²) in [6, 6.07) is 8.19. The summed E-state index contributed by atoms with van der Waals surface area (Å²) in [5.74, 6) is 1.44. The van der Waals surface area contributed by atoms with Crippen LogP contribution in [0.4, 0.5) is 0 Å². The van der Waals surface area contributed by atoms with Gasteiger partial charge in [-0.25, -0.2) is 0 Å². The van der Waals surface area contributed by atoms with E-state index in [4.69, 9.17) is 18.0 Å². The highest BCUT2D eigenvalue weighted by atomic mass is 32.2. The maximum atomic E-state index is 12.9. The third-order valence-corrected chi connectivity index (χ3v) is 4.91. The number of rotatable bonds is 6. The smallest absolute Gasteiger partial charge is 0.231 e. The standard InChI is InChI=1S/C16H22N2OS2/c1-11(2)9-18(8-7-15(17)20)16(19)13-10-21-14-6-4-3-5-12(13)14/h3-6,11,13H,7-10H2,1-2H3,(H2,17,20). The zero-order valence-electron chi connectivity index (χ0n) is 12.5. The first-order valence-corrected chi connectivity index (χ1v) is 8.67. The summed E-state index contributed by atoms with van der Waals surface area (Å²) in [5, 5.41) is 0. The Morgan fingerprint density at radius 2 is 2.19 bits per heavy atom. The quantitative estimate of drug-likeness (QED) is 0.818. The molecule has 0 bridgehead atoms. The Morgan fingerprint density at radius 3 is 2.86 bits per heavy atom. The van der Waals surface area contributed by atoms with Crippen molar-refractivity contribution in [1.29, 1.82) is 0 Å². The van der Waals surface area contributed by atoms with Crippen LogP contribution in [0.15, 0.2) is 29.2 Å². The van der Waals surface area contributed by atoms with Crippen molar-refractivity contribution < 1.29 is 4.79 Å². The lowest BCUT2D eigenvalue weighted by molar-refractivity contribution is -0.132. The van der Waals surface area contributed by atoms with E-state index >= 15 is 0 Å². The number of benzene rings is 1. The van der Waals surface area contributed by atoms with Crippen molar-refractivity contribution in [3.8, 4) is 0 Å². The Morgan fingerprint density at radius 1 is 1.48 bits per heavy atom. The van der Waals surface area contributed by atoms with Crippen molar-refractivity contribution in [2.45, 2.75) is 31.1 Å². The van der Waals surface area contributed by atoms with Gasteiger partial charge in [0.2, 0.25) is 5.91 Å². The van der Waals surface area contributed by atoms with Crippen LogP contribution in [0.2, 0.25) is 0 Å². The lowest BCUT2D eigenvalue weighted by Gasteiger charge is -2.27. The van der Waals surface area contributed by atoms with Crippen LogP contribution < -0.4 is 5.73 Å². The monoisotopic (exact) mass is 322 g/mol. The van der Waals surface area contributed by atoms with Crippen LogP contribution in [0.5, 0.6) is 0 Å². The Labute approximate surface area is 136 Å². The van der Waals surface area contributed by atoms with Crippen LogP contribution in [0.1, 0.15) is 31.7 Å². The van der Waals surface area contributed by atoms with E-state index in [0.29, 0.717) is 23.9 Å². The maximum Gasteiger partial charge on any atom is 0.231 e. The first kappa shape index (κ1) is 16.3. The Hall–Kier alpha value is -1.07. The van der Waals surface area contributed by atoms with Crippen molar-refractivity contribution in [2.75, 3.05) is 18.8 Å². The topological polar surface area (TPSA) is 46.3 Å². The predicted molar refractivity (Wildman–Crippen MR) is 92.7 cm³/mol. The molecule has 0 aliphatic carbocycles. The lowest BCUT2D eigenvalue weighted by Crippen LogP contribution is -2.39. The van der Waals surface area contributed by atoms with Crippen molar-refractivity contribution in [2.24, 2.45) is 11.7 Å². The van der Waals surface area contributed by atoms with Crippen LogP contribution in [0, 0.1) is 5.92 Å². The van der Waals surface area contributed by atoms with Gasteiger partial charge in [0.25, 0.3) is 0 Å². The molecule has 1 aromatic rings. The fraction of sp³-hybridized carbons (Fsp3) is 0.500. The van der Waals surface area contributed by atoms with Gasteiger partial charge in [0, 0.05) is 30.2 Å². The molecule has 1 heterocycles. The number of thioether (sulfide) groups is 1. The van der Waals surface area contributed by atoms with E-state index in [1.54, 1.807) is 11.8 Å². The van der Waals surface area contributed by atoms with Crippen molar-refractivity contribution >= 4 is 34.9 Å². The van der Waals surface area contributed by atoms with Gasteiger partial charge < -0.3 is 10.6 Å². The molecule has 0 aromatic heterocycles. The minimum absolute atomic E-state index is 0.0312. The molecule has 114 valence electrons. The SMILES string of the molecule is CC(C)CN(CCC(N)=S)C(=O)C1CSc2ccccc21. The average Bonchev–Trinajstić information content (AvgIpc) is 2.86. The second-order valence-corrected chi connectivity index (χ2v) is 7.38. The molecule has 0 saturated carbocycles. The summed E-state index contributed by atoms with van der Waals surface area (Å²) in [7, 11) is 0. The first-order chi connectivity index (χ1) is 9.99. The number of carbonyl (C=O) groups is 1. The van der Waals surface area contributed by atoms with E-state index in [2.05, 4.69) is 26.0 Å². The predicted octanol–water partition coefficient (Wildman–Crippen LogP) is 3.04. The molecule has 1 aliphatic rings. The molecule has 0 fully saturated rings. The molecule has 5 heteroatoms. The van der Waals surface area contributed by atoms with Gasteiger partial charge in [0.1, 0.15) is 0 Å². The Bertz CT molecular complexity index is 531. The molecule has 3 nitrogen and oxygen atoms in total. The number of thiocarbonyl (C=S) groups is 1. The molecular weight excluding hydrogens is 300 g/mol. The second-order valence-electron chi connectivity index (χ2n) is 5.80. The van der Waals surface area contributed by atoms with Crippen LogP contribution in [0.3, 0.4) is 0 Å². The summed E-state index contributed by atoms with van der Waals surface area (Å²) in [6.45, 7) is 5.62. The zero-order chi connectivity index (χ0) is 15.4. The Kier molecular flexibility index (Phi) is 5.65. The third-order valence-electron chi connectivity index (χ3n) is 3.52. The molecular formula is C16H22N2OS2. The zero-order valence-corrected chi connectivity index (χ0v) is 14.2. The highest BCUT2D eigenvalue weighted by Crippen LogP contribution is 2.40. The number of nitrogens with zero attached hydrogens (tertiary/aromatic N) is 1. The van der Waals surface area contributed by atoms with Gasteiger partial charge in [-0.1, -0.05) is 44.3 Å². The van der Waals surface area contributed by atoms with E-state index in [1.807, 2.05) is 17.0 Å². The summed E-state index contributed by atoms with van der Waals surface area (Å²) in [5.41, 5.74) is 6.75. The first-order valence-electron chi connectivity index (χ1n) is 7.28. The number of carbonyl (C=O) groups excluding carboxylic acids is 1. The number of fused-ring (bicyclic) bond motifs is 1. The molecule has 2 rings (SSSR count). The van der Waals surface area contributed by atoms with Crippen molar-refractivity contribution in [3.63, 3.8) is 0 Å². The molecule has 21 heavy (non-hydrogen) atoms. The summed E-state index contributed by atoms with van der Waals surface area (Å²) in [6.07, 6.45) is 0.593. The highest BCUT2D eigenvalue weighted by molar-refractivity contribution is 7.99. The van der Waals surface area contributed by atoms with E-state index in [9.17, 15) is 4.79 Å². The number of amides is 1. The second kappa shape index (κ2) is 7.27. The van der Waals surface area contributed by atoms with Crippen molar-refractivity contribution in [1.82, 2.24) is 4.90 Å². The average molecular weight is 322 g/mol. The largest absolute Gasteiger partial charge is 0.393 e. The van der Waals surface area contributed by atoms with E-state index in [1.165, 1.54) is 4.90 Å². The third kappa shape index (κ3) is 4.20. The normalized spacial score (nSPS) is 16.8. The van der Waals surface area contributed by atoms with Gasteiger partial charge in [-0.15, -0.1) is 11.8 Å². The Balaban J connectivity index is 2.12. The van der Waals surface area contributed by atoms with E-state index in [0.717, 1.165) is 17.9 Å². The summed E-state index contributed by atoms with van der Waals surface area (Å²) in [4.78, 5) is 16.5. The van der Waals surface area contributed by atoms with Crippen LogP contribution in [-0.4, -0.2) is 34.6 Å². The number of nitrogens with two attached hydrogens (primary N) is 1. The van der Waals surface area contributed by atoms with Gasteiger partial charge in [0.15, 0.2) is 0 Å². The highest BCUT2D eigenvalue weighted by Gasteiger charge is 2.32. The van der Waals surface area contributed by atoms with Crippen LogP contribution in [-0.2, 0) is 4.79 Å². The molecule has 1 aromatic carbocycles. The molecule has 1 amide bonds. The molecule has 1 unspecified atom stereocenters. The fourth-order valence-corrected chi connectivity index (χ4v) is 3.88. The number of hydrogen-bond donors (Lipinski definition) is 1. The minimum atomic E-state index is -0.0312. The van der Waals surface area contributed by atoms with Gasteiger partial charge in [-0.3, -0.25) is 4.79 Å². The summed E-state index contributed by atoms with van der Waals surface area (Å²) >= 11 is 6.71. The molecule has 0 saturated heterocycles.